The number of rotatable bonds is 2. The first-order chi connectivity index (χ1) is 8.54. The highest BCUT2D eigenvalue weighted by Crippen LogP contribution is 2.33. The minimum absolute atomic E-state index is 0.0687. The summed E-state index contributed by atoms with van der Waals surface area (Å²) < 4.78 is 15.9. The molecule has 0 aliphatic heterocycles. The highest BCUT2D eigenvalue weighted by Gasteiger charge is 2.20. The molecule has 1 rings (SSSR count). The molecule has 0 aliphatic carbocycles. The Morgan fingerprint density at radius 3 is 1.68 bits per heavy atom. The predicted octanol–water partition coefficient (Wildman–Crippen LogP) is 5.08. The van der Waals surface area contributed by atoms with E-state index in [2.05, 4.69) is 64.1 Å². The largest absolute Gasteiger partial charge is 0.199 e. The molecule has 0 spiro atoms. The molecule has 1 radical (unpaired) electrons. The molecular weight excluding hydrogens is 254 g/mol. The smallest absolute Gasteiger partial charge is 0.0735 e. The van der Waals surface area contributed by atoms with Crippen LogP contribution >= 0.6 is 0 Å². The summed E-state index contributed by atoms with van der Waals surface area (Å²) in [5, 5.41) is 0. The third-order valence-corrected chi connectivity index (χ3v) is 4.01. The fourth-order valence-corrected chi connectivity index (χ4v) is 2.18. The topological polar surface area (TPSA) is 32.3 Å². The first kappa shape index (κ1) is 16.4. The van der Waals surface area contributed by atoms with E-state index in [9.17, 15) is 4.55 Å². The van der Waals surface area contributed by atoms with Crippen LogP contribution in [0.3, 0.4) is 0 Å². The highest BCUT2D eigenvalue weighted by molar-refractivity contribution is 7.81. The van der Waals surface area contributed by atoms with Gasteiger partial charge in [-0.3, -0.25) is 0 Å². The van der Waals surface area contributed by atoms with Gasteiger partial charge in [-0.2, -0.15) is 4.36 Å². The van der Waals surface area contributed by atoms with Crippen LogP contribution in [0.1, 0.15) is 59.6 Å². The Hall–Kier alpha value is -0.670. The van der Waals surface area contributed by atoms with E-state index >= 15 is 0 Å². The molecule has 0 fully saturated rings. The van der Waals surface area contributed by atoms with Crippen molar-refractivity contribution >= 4 is 16.7 Å². The normalized spacial score (nSPS) is 14.7. The van der Waals surface area contributed by atoms with Gasteiger partial charge in [0.2, 0.25) is 0 Å². The van der Waals surface area contributed by atoms with Crippen molar-refractivity contribution in [3.05, 3.63) is 29.3 Å². The molecule has 3 heteroatoms. The van der Waals surface area contributed by atoms with Gasteiger partial charge in [0, 0.05) is 5.75 Å². The van der Waals surface area contributed by atoms with Gasteiger partial charge in [-0.25, -0.2) is 0 Å². The summed E-state index contributed by atoms with van der Waals surface area (Å²) in [5.74, 6) is 0.560. The molecule has 1 aromatic rings. The van der Waals surface area contributed by atoms with E-state index in [1.165, 1.54) is 11.1 Å². The predicted molar refractivity (Wildman–Crippen MR) is 84.5 cm³/mol. The van der Waals surface area contributed by atoms with Gasteiger partial charge in [0.05, 0.1) is 16.7 Å². The zero-order chi connectivity index (χ0) is 14.8. The fraction of sp³-hybridized carbons (Fsp3) is 0.625. The Morgan fingerprint density at radius 1 is 0.947 bits per heavy atom. The van der Waals surface area contributed by atoms with Crippen LogP contribution in [0.4, 0.5) is 5.69 Å². The third-order valence-electron chi connectivity index (χ3n) is 3.10. The molecule has 0 heterocycles. The van der Waals surface area contributed by atoms with Crippen LogP contribution in [0.2, 0.25) is 0 Å². The fourth-order valence-electron chi connectivity index (χ4n) is 1.71. The summed E-state index contributed by atoms with van der Waals surface area (Å²) in [5.41, 5.74) is 3.45. The summed E-state index contributed by atoms with van der Waals surface area (Å²) in [7, 11) is -1.12. The van der Waals surface area contributed by atoms with E-state index in [4.69, 9.17) is 0 Å². The van der Waals surface area contributed by atoms with E-state index in [1.807, 2.05) is 6.92 Å². The number of benzene rings is 1. The molecule has 0 saturated carbocycles. The van der Waals surface area contributed by atoms with E-state index < -0.39 is 11.0 Å². The van der Waals surface area contributed by atoms with Gasteiger partial charge in [-0.1, -0.05) is 54.5 Å². The summed E-state index contributed by atoms with van der Waals surface area (Å²) in [6.45, 7) is 15.0. The maximum atomic E-state index is 11.6. The zero-order valence-corrected chi connectivity index (χ0v) is 14.0. The molecule has 2 nitrogen and oxygen atoms in total. The third kappa shape index (κ3) is 4.73. The lowest BCUT2D eigenvalue weighted by molar-refractivity contribution is 0.519. The molecule has 19 heavy (non-hydrogen) atoms. The molecule has 0 aliphatic rings. The van der Waals surface area contributed by atoms with Gasteiger partial charge in [0.15, 0.2) is 0 Å². The monoisotopic (exact) mass is 280 g/mol. The second-order valence-corrected chi connectivity index (χ2v) is 8.37. The molecule has 1 unspecified atom stereocenters. The highest BCUT2D eigenvalue weighted by atomic mass is 32.2. The van der Waals surface area contributed by atoms with Crippen molar-refractivity contribution in [3.63, 3.8) is 0 Å². The Labute approximate surface area is 120 Å². The molecule has 1 atom stereocenters. The second-order valence-electron chi connectivity index (χ2n) is 6.97. The maximum Gasteiger partial charge on any atom is 0.0735 e. The SMILES string of the molecule is CCS([O])=Nc1cc(C(C)(C)C)cc(C(C)(C)C)c1. The Morgan fingerprint density at radius 2 is 1.37 bits per heavy atom. The average Bonchev–Trinajstić information content (AvgIpc) is 2.26. The van der Waals surface area contributed by atoms with Crippen LogP contribution in [-0.4, -0.2) is 5.75 Å². The van der Waals surface area contributed by atoms with E-state index in [0.29, 0.717) is 5.75 Å². The van der Waals surface area contributed by atoms with Crippen molar-refractivity contribution in [1.82, 2.24) is 0 Å². The molecule has 107 valence electrons. The quantitative estimate of drug-likeness (QED) is 0.723. The van der Waals surface area contributed by atoms with Crippen molar-refractivity contribution in [3.8, 4) is 0 Å². The minimum Gasteiger partial charge on any atom is -0.199 e. The second kappa shape index (κ2) is 5.76. The van der Waals surface area contributed by atoms with Crippen molar-refractivity contribution in [1.29, 1.82) is 0 Å². The standard InChI is InChI=1S/C16H26NOS/c1-8-19(18)17-14-10-12(15(2,3)4)9-13(11-14)16(5,6)7/h9-11H,8H2,1-7H3. The summed E-state index contributed by atoms with van der Waals surface area (Å²) in [6, 6.07) is 6.36. The molecule has 0 N–H and O–H groups in total. The molecular formula is C16H26NOS. The minimum atomic E-state index is -1.12. The van der Waals surface area contributed by atoms with E-state index in [0.717, 1.165) is 5.69 Å². The van der Waals surface area contributed by atoms with Gasteiger partial charge in [0.1, 0.15) is 0 Å². The van der Waals surface area contributed by atoms with E-state index in [1.54, 1.807) is 0 Å². The first-order valence-corrected chi connectivity index (χ1v) is 8.08. The molecule has 0 saturated heterocycles. The zero-order valence-electron chi connectivity index (χ0n) is 13.2. The number of hydrogen-bond acceptors (Lipinski definition) is 1. The van der Waals surface area contributed by atoms with Crippen LogP contribution in [-0.2, 0) is 26.4 Å². The number of nitrogens with zero attached hydrogens (tertiary/aromatic N) is 1. The van der Waals surface area contributed by atoms with Crippen molar-refractivity contribution in [2.24, 2.45) is 4.36 Å². The Balaban J connectivity index is 3.41. The maximum absolute atomic E-state index is 11.6. The van der Waals surface area contributed by atoms with Crippen molar-refractivity contribution in [2.75, 3.05) is 5.75 Å². The van der Waals surface area contributed by atoms with Crippen LogP contribution < -0.4 is 0 Å². The van der Waals surface area contributed by atoms with Gasteiger partial charge in [-0.15, -0.1) is 4.55 Å². The first-order valence-electron chi connectivity index (χ1n) is 6.80. The van der Waals surface area contributed by atoms with Gasteiger partial charge < -0.3 is 0 Å². The lowest BCUT2D eigenvalue weighted by Crippen LogP contribution is -2.16. The average molecular weight is 280 g/mol. The Bertz CT molecular complexity index is 446. The van der Waals surface area contributed by atoms with E-state index in [-0.39, 0.29) is 10.8 Å². The van der Waals surface area contributed by atoms with Gasteiger partial charge >= 0.3 is 0 Å². The molecule has 0 amide bonds. The summed E-state index contributed by atoms with van der Waals surface area (Å²) >= 11 is 0. The number of hydrogen-bond donors (Lipinski definition) is 0. The molecule has 0 bridgehead atoms. The van der Waals surface area contributed by atoms with Gasteiger partial charge in [0.25, 0.3) is 0 Å². The lowest BCUT2D eigenvalue weighted by Gasteiger charge is -2.25. The summed E-state index contributed by atoms with van der Waals surface area (Å²) in [4.78, 5) is 0. The molecule has 1 aromatic carbocycles. The van der Waals surface area contributed by atoms with Crippen LogP contribution in [0, 0.1) is 0 Å². The van der Waals surface area contributed by atoms with Crippen molar-refractivity contribution < 1.29 is 4.55 Å². The Kier molecular flexibility index (Phi) is 4.97. The lowest BCUT2D eigenvalue weighted by atomic mass is 9.80. The molecule has 0 aromatic heterocycles. The van der Waals surface area contributed by atoms with Crippen molar-refractivity contribution in [2.45, 2.75) is 59.3 Å². The van der Waals surface area contributed by atoms with Crippen LogP contribution in [0.5, 0.6) is 0 Å². The van der Waals surface area contributed by atoms with Crippen LogP contribution in [0.25, 0.3) is 0 Å². The van der Waals surface area contributed by atoms with Gasteiger partial charge in [-0.05, 0) is 34.1 Å². The summed E-state index contributed by atoms with van der Waals surface area (Å²) in [6.07, 6.45) is 0. The van der Waals surface area contributed by atoms with Crippen LogP contribution in [0.15, 0.2) is 22.6 Å².